The summed E-state index contributed by atoms with van der Waals surface area (Å²) in [5.41, 5.74) is 1.34. The Morgan fingerprint density at radius 3 is 2.71 bits per heavy atom. The van der Waals surface area contributed by atoms with Gasteiger partial charge in [-0.15, -0.1) is 0 Å². The van der Waals surface area contributed by atoms with E-state index in [9.17, 15) is 13.6 Å². The molecule has 0 aliphatic carbocycles. The van der Waals surface area contributed by atoms with E-state index in [1.54, 1.807) is 12.1 Å². The molecule has 0 aliphatic heterocycles. The summed E-state index contributed by atoms with van der Waals surface area (Å²) in [6.07, 6.45) is 0. The molecular weight excluding hydrogens is 276 g/mol. The molecule has 0 atom stereocenters. The molecule has 1 aromatic heterocycles. The number of carbonyl (C=O) groups is 1. The normalized spacial score (nSPS) is 10.8. The van der Waals surface area contributed by atoms with Crippen LogP contribution in [0.1, 0.15) is 16.1 Å². The molecular formula is C16H11F2NO2. The van der Waals surface area contributed by atoms with E-state index in [1.807, 2.05) is 19.1 Å². The van der Waals surface area contributed by atoms with Crippen LogP contribution >= 0.6 is 0 Å². The topological polar surface area (TPSA) is 42.2 Å². The fourth-order valence-electron chi connectivity index (χ4n) is 2.03. The average Bonchev–Trinajstić information content (AvgIpc) is 2.86. The van der Waals surface area contributed by atoms with Crippen molar-refractivity contribution in [3.8, 4) is 0 Å². The van der Waals surface area contributed by atoms with E-state index in [4.69, 9.17) is 4.42 Å². The van der Waals surface area contributed by atoms with Gasteiger partial charge in [0.25, 0.3) is 5.91 Å². The summed E-state index contributed by atoms with van der Waals surface area (Å²) in [7, 11) is 0. The van der Waals surface area contributed by atoms with Crippen molar-refractivity contribution in [2.24, 2.45) is 0 Å². The molecule has 106 valence electrons. The molecule has 5 heteroatoms. The molecule has 0 aliphatic rings. The number of halogens is 2. The number of furan rings is 1. The number of rotatable bonds is 2. The maximum atomic E-state index is 13.5. The smallest absolute Gasteiger partial charge is 0.291 e. The van der Waals surface area contributed by atoms with E-state index >= 15 is 0 Å². The first-order valence-corrected chi connectivity index (χ1v) is 6.29. The van der Waals surface area contributed by atoms with E-state index < -0.39 is 17.5 Å². The van der Waals surface area contributed by atoms with Crippen molar-refractivity contribution < 1.29 is 18.0 Å². The molecule has 3 rings (SSSR count). The van der Waals surface area contributed by atoms with Crippen LogP contribution in [0.2, 0.25) is 0 Å². The Kier molecular flexibility index (Phi) is 3.17. The molecule has 0 bridgehead atoms. The van der Waals surface area contributed by atoms with Crippen LogP contribution in [-0.4, -0.2) is 5.91 Å². The Morgan fingerprint density at radius 2 is 1.90 bits per heavy atom. The van der Waals surface area contributed by atoms with Crippen LogP contribution in [0, 0.1) is 18.6 Å². The van der Waals surface area contributed by atoms with E-state index in [0.29, 0.717) is 5.58 Å². The summed E-state index contributed by atoms with van der Waals surface area (Å²) in [6.45, 7) is 1.91. The van der Waals surface area contributed by atoms with Gasteiger partial charge in [-0.05, 0) is 36.8 Å². The maximum absolute atomic E-state index is 13.5. The number of aryl methyl sites for hydroxylation is 1. The van der Waals surface area contributed by atoms with Crippen LogP contribution in [0.15, 0.2) is 46.9 Å². The minimum absolute atomic E-state index is 0.0410. The standard InChI is InChI=1S/C16H11F2NO2/c1-9-2-3-10-7-15(21-14(10)6-9)16(20)19-13-8-11(17)4-5-12(13)18/h2-8H,1H3,(H,19,20). The van der Waals surface area contributed by atoms with Crippen molar-refractivity contribution in [3.63, 3.8) is 0 Å². The minimum atomic E-state index is -0.711. The van der Waals surface area contributed by atoms with Gasteiger partial charge in [-0.2, -0.15) is 0 Å². The van der Waals surface area contributed by atoms with Gasteiger partial charge >= 0.3 is 0 Å². The van der Waals surface area contributed by atoms with Crippen LogP contribution in [0.5, 0.6) is 0 Å². The first kappa shape index (κ1) is 13.3. The quantitative estimate of drug-likeness (QED) is 0.764. The van der Waals surface area contributed by atoms with Gasteiger partial charge in [0, 0.05) is 11.5 Å². The van der Waals surface area contributed by atoms with Crippen molar-refractivity contribution in [2.45, 2.75) is 6.92 Å². The third-order valence-corrected chi connectivity index (χ3v) is 3.08. The third kappa shape index (κ3) is 2.63. The number of hydrogen-bond acceptors (Lipinski definition) is 2. The number of amides is 1. The lowest BCUT2D eigenvalue weighted by Gasteiger charge is -2.04. The van der Waals surface area contributed by atoms with Crippen molar-refractivity contribution in [1.29, 1.82) is 0 Å². The number of hydrogen-bond donors (Lipinski definition) is 1. The highest BCUT2D eigenvalue weighted by Crippen LogP contribution is 2.22. The molecule has 1 amide bonds. The van der Waals surface area contributed by atoms with E-state index in [2.05, 4.69) is 5.32 Å². The molecule has 1 heterocycles. The van der Waals surface area contributed by atoms with E-state index in [1.165, 1.54) is 0 Å². The average molecular weight is 287 g/mol. The summed E-state index contributed by atoms with van der Waals surface area (Å²) < 4.78 is 32.0. The second-order valence-electron chi connectivity index (χ2n) is 4.73. The predicted molar refractivity (Wildman–Crippen MR) is 75.3 cm³/mol. The second kappa shape index (κ2) is 5.01. The maximum Gasteiger partial charge on any atom is 0.291 e. The molecule has 2 aromatic carbocycles. The lowest BCUT2D eigenvalue weighted by molar-refractivity contribution is 0.0998. The Bertz CT molecular complexity index is 839. The van der Waals surface area contributed by atoms with Gasteiger partial charge in [0.05, 0.1) is 5.69 Å². The van der Waals surface area contributed by atoms with Gasteiger partial charge in [-0.25, -0.2) is 8.78 Å². The zero-order valence-corrected chi connectivity index (χ0v) is 11.1. The van der Waals surface area contributed by atoms with Crippen molar-refractivity contribution in [1.82, 2.24) is 0 Å². The van der Waals surface area contributed by atoms with Crippen LogP contribution in [0.25, 0.3) is 11.0 Å². The predicted octanol–water partition coefficient (Wildman–Crippen LogP) is 4.27. The van der Waals surface area contributed by atoms with Crippen LogP contribution in [-0.2, 0) is 0 Å². The van der Waals surface area contributed by atoms with E-state index in [-0.39, 0.29) is 11.4 Å². The zero-order valence-electron chi connectivity index (χ0n) is 11.1. The monoisotopic (exact) mass is 287 g/mol. The largest absolute Gasteiger partial charge is 0.451 e. The molecule has 0 saturated heterocycles. The zero-order chi connectivity index (χ0) is 15.0. The highest BCUT2D eigenvalue weighted by molar-refractivity contribution is 6.04. The third-order valence-electron chi connectivity index (χ3n) is 3.08. The molecule has 0 fully saturated rings. The highest BCUT2D eigenvalue weighted by atomic mass is 19.1. The van der Waals surface area contributed by atoms with Gasteiger partial charge in [0.2, 0.25) is 0 Å². The molecule has 0 radical (unpaired) electrons. The number of benzene rings is 2. The van der Waals surface area contributed by atoms with Crippen molar-refractivity contribution in [2.75, 3.05) is 5.32 Å². The van der Waals surface area contributed by atoms with Gasteiger partial charge < -0.3 is 9.73 Å². The molecule has 21 heavy (non-hydrogen) atoms. The van der Waals surface area contributed by atoms with E-state index in [0.717, 1.165) is 29.1 Å². The molecule has 3 nitrogen and oxygen atoms in total. The highest BCUT2D eigenvalue weighted by Gasteiger charge is 2.14. The molecule has 0 spiro atoms. The summed E-state index contributed by atoms with van der Waals surface area (Å²) in [5, 5.41) is 3.06. The van der Waals surface area contributed by atoms with Crippen LogP contribution in [0.3, 0.4) is 0 Å². The number of nitrogens with one attached hydrogen (secondary N) is 1. The summed E-state index contributed by atoms with van der Waals surface area (Å²) in [6, 6.07) is 9.93. The van der Waals surface area contributed by atoms with Crippen LogP contribution < -0.4 is 5.32 Å². The second-order valence-corrected chi connectivity index (χ2v) is 4.73. The van der Waals surface area contributed by atoms with Crippen molar-refractivity contribution in [3.05, 3.63) is 65.4 Å². The Hall–Kier alpha value is -2.69. The number of carbonyl (C=O) groups excluding carboxylic acids is 1. The van der Waals surface area contributed by atoms with Gasteiger partial charge in [0.1, 0.15) is 17.2 Å². The lowest BCUT2D eigenvalue weighted by atomic mass is 10.2. The lowest BCUT2D eigenvalue weighted by Crippen LogP contribution is -2.12. The van der Waals surface area contributed by atoms with Gasteiger partial charge in [-0.3, -0.25) is 4.79 Å². The molecule has 0 unspecified atom stereocenters. The summed E-state index contributed by atoms with van der Waals surface area (Å²) in [5.74, 6) is -1.93. The SMILES string of the molecule is Cc1ccc2cc(C(=O)Nc3cc(F)ccc3F)oc2c1. The Morgan fingerprint density at radius 1 is 1.10 bits per heavy atom. The first-order chi connectivity index (χ1) is 10.0. The summed E-state index contributed by atoms with van der Waals surface area (Å²) in [4.78, 5) is 12.0. The number of fused-ring (bicyclic) bond motifs is 1. The first-order valence-electron chi connectivity index (χ1n) is 6.29. The van der Waals surface area contributed by atoms with Gasteiger partial charge in [0.15, 0.2) is 5.76 Å². The van der Waals surface area contributed by atoms with Crippen LogP contribution in [0.4, 0.5) is 14.5 Å². The van der Waals surface area contributed by atoms with Gasteiger partial charge in [-0.1, -0.05) is 12.1 Å². The molecule has 0 saturated carbocycles. The fourth-order valence-corrected chi connectivity index (χ4v) is 2.03. The fraction of sp³-hybridized carbons (Fsp3) is 0.0625. The Balaban J connectivity index is 1.91. The number of anilines is 1. The molecule has 1 N–H and O–H groups in total. The Labute approximate surface area is 119 Å². The minimum Gasteiger partial charge on any atom is -0.451 e. The van der Waals surface area contributed by atoms with Crippen molar-refractivity contribution >= 4 is 22.6 Å². The molecule has 3 aromatic rings. The summed E-state index contributed by atoms with van der Waals surface area (Å²) >= 11 is 0.